The largest absolute Gasteiger partial charge is 0.376 e. The molecule has 1 heterocycles. The summed E-state index contributed by atoms with van der Waals surface area (Å²) in [5, 5.41) is 0. The first-order valence-corrected chi connectivity index (χ1v) is 7.08. The van der Waals surface area contributed by atoms with E-state index in [0.29, 0.717) is 18.4 Å². The van der Waals surface area contributed by atoms with Crippen molar-refractivity contribution in [2.75, 3.05) is 25.0 Å². The summed E-state index contributed by atoms with van der Waals surface area (Å²) in [4.78, 5) is 0. The van der Waals surface area contributed by atoms with Crippen LogP contribution in [0.1, 0.15) is 12.8 Å². The molecule has 3 unspecified atom stereocenters. The Morgan fingerprint density at radius 2 is 2.21 bits per heavy atom. The minimum atomic E-state index is 0.0407. The molecule has 0 radical (unpaired) electrons. The van der Waals surface area contributed by atoms with Crippen LogP contribution in [0.4, 0.5) is 0 Å². The van der Waals surface area contributed by atoms with Crippen molar-refractivity contribution in [1.29, 1.82) is 0 Å². The highest BCUT2D eigenvalue weighted by Crippen LogP contribution is 2.17. The van der Waals surface area contributed by atoms with E-state index in [1.54, 1.807) is 0 Å². The predicted octanol–water partition coefficient (Wildman–Crippen LogP) is 2.83. The van der Waals surface area contributed by atoms with E-state index in [1.165, 1.54) is 0 Å². The molecule has 1 saturated heterocycles. The lowest BCUT2D eigenvalue weighted by atomic mass is 10.2. The van der Waals surface area contributed by atoms with Crippen LogP contribution in [0, 0.1) is 0 Å². The number of rotatable bonds is 6. The summed E-state index contributed by atoms with van der Waals surface area (Å²) < 4.78 is 11.4. The van der Waals surface area contributed by atoms with Crippen LogP contribution in [-0.2, 0) is 9.47 Å². The van der Waals surface area contributed by atoms with E-state index in [9.17, 15) is 0 Å². The van der Waals surface area contributed by atoms with E-state index < -0.39 is 0 Å². The van der Waals surface area contributed by atoms with Gasteiger partial charge in [0, 0.05) is 18.4 Å². The van der Waals surface area contributed by atoms with Gasteiger partial charge in [0.2, 0.25) is 0 Å². The molecule has 0 aliphatic carbocycles. The van der Waals surface area contributed by atoms with Crippen molar-refractivity contribution in [3.05, 3.63) is 0 Å². The molecule has 0 aromatic heterocycles. The lowest BCUT2D eigenvalue weighted by Gasteiger charge is -2.21. The van der Waals surface area contributed by atoms with Crippen LogP contribution in [0.5, 0.6) is 0 Å². The third-order valence-corrected chi connectivity index (χ3v) is 4.62. The normalized spacial score (nSPS) is 26.4. The van der Waals surface area contributed by atoms with Crippen LogP contribution in [0.2, 0.25) is 0 Å². The topological polar surface area (TPSA) is 18.5 Å². The molecule has 2 nitrogen and oxygen atoms in total. The lowest BCUT2D eigenvalue weighted by Crippen LogP contribution is -2.30. The van der Waals surface area contributed by atoms with Gasteiger partial charge >= 0.3 is 0 Å². The molecular formula is C9H15Cl2IO2. The minimum Gasteiger partial charge on any atom is -0.376 e. The zero-order chi connectivity index (χ0) is 10.4. The van der Waals surface area contributed by atoms with Crippen LogP contribution in [-0.4, -0.2) is 41.1 Å². The third kappa shape index (κ3) is 4.39. The quantitative estimate of drug-likeness (QED) is 0.540. The molecule has 0 N–H and O–H groups in total. The molecule has 0 saturated carbocycles. The van der Waals surface area contributed by atoms with Crippen molar-refractivity contribution < 1.29 is 9.47 Å². The molecular weight excluding hydrogens is 338 g/mol. The average molecular weight is 353 g/mol. The van der Waals surface area contributed by atoms with Crippen LogP contribution in [0.3, 0.4) is 0 Å². The van der Waals surface area contributed by atoms with Gasteiger partial charge in [-0.1, -0.05) is 22.6 Å². The summed E-state index contributed by atoms with van der Waals surface area (Å²) >= 11 is 13.8. The number of hydrogen-bond donors (Lipinski definition) is 0. The van der Waals surface area contributed by atoms with E-state index >= 15 is 0 Å². The van der Waals surface area contributed by atoms with Gasteiger partial charge in [-0.25, -0.2) is 0 Å². The number of ether oxygens (including phenoxy) is 2. The standard InChI is InChI=1S/C9H15Cl2IO2/c10-4-8(12)9(5-11)14-6-7-2-1-3-13-7/h7-9H,1-6H2. The lowest BCUT2D eigenvalue weighted by molar-refractivity contribution is -0.0102. The Hall–Kier alpha value is 1.23. The van der Waals surface area contributed by atoms with Crippen LogP contribution in [0.25, 0.3) is 0 Å². The van der Waals surface area contributed by atoms with Gasteiger partial charge in [0.1, 0.15) is 0 Å². The van der Waals surface area contributed by atoms with Gasteiger partial charge < -0.3 is 9.47 Å². The fourth-order valence-electron chi connectivity index (χ4n) is 1.35. The molecule has 84 valence electrons. The van der Waals surface area contributed by atoms with Gasteiger partial charge in [-0.2, -0.15) is 0 Å². The van der Waals surface area contributed by atoms with E-state index in [-0.39, 0.29) is 16.1 Å². The summed E-state index contributed by atoms with van der Waals surface area (Å²) in [5.41, 5.74) is 0. The van der Waals surface area contributed by atoms with Crippen molar-refractivity contribution in [2.45, 2.75) is 29.0 Å². The second-order valence-electron chi connectivity index (χ2n) is 3.33. The summed E-state index contributed by atoms with van der Waals surface area (Å²) in [6, 6.07) is 0. The SMILES string of the molecule is ClCC(I)C(CCl)OCC1CCCO1. The maximum atomic E-state index is 5.80. The van der Waals surface area contributed by atoms with Gasteiger partial charge in [0.15, 0.2) is 0 Å². The highest BCUT2D eigenvalue weighted by Gasteiger charge is 2.21. The first-order chi connectivity index (χ1) is 6.77. The van der Waals surface area contributed by atoms with Gasteiger partial charge in [0.05, 0.1) is 22.7 Å². The zero-order valence-electron chi connectivity index (χ0n) is 7.93. The highest BCUT2D eigenvalue weighted by molar-refractivity contribution is 14.1. The molecule has 5 heteroatoms. The first-order valence-electron chi connectivity index (χ1n) is 4.77. The molecule has 3 atom stereocenters. The fourth-order valence-corrected chi connectivity index (χ4v) is 2.62. The van der Waals surface area contributed by atoms with Crippen molar-refractivity contribution in [2.24, 2.45) is 0 Å². The van der Waals surface area contributed by atoms with E-state index in [2.05, 4.69) is 22.6 Å². The highest BCUT2D eigenvalue weighted by atomic mass is 127. The Balaban J connectivity index is 2.19. The monoisotopic (exact) mass is 352 g/mol. The third-order valence-electron chi connectivity index (χ3n) is 2.22. The second kappa shape index (κ2) is 7.49. The van der Waals surface area contributed by atoms with Crippen LogP contribution in [0.15, 0.2) is 0 Å². The maximum Gasteiger partial charge on any atom is 0.0840 e. The van der Waals surface area contributed by atoms with Crippen molar-refractivity contribution in [3.8, 4) is 0 Å². The summed E-state index contributed by atoms with van der Waals surface area (Å²) in [6.45, 7) is 1.51. The van der Waals surface area contributed by atoms with E-state index in [0.717, 1.165) is 19.4 Å². The number of alkyl halides is 3. The number of hydrogen-bond acceptors (Lipinski definition) is 2. The van der Waals surface area contributed by atoms with E-state index in [4.69, 9.17) is 32.7 Å². The second-order valence-corrected chi connectivity index (χ2v) is 5.55. The van der Waals surface area contributed by atoms with Gasteiger partial charge in [0.25, 0.3) is 0 Å². The van der Waals surface area contributed by atoms with Gasteiger partial charge in [-0.05, 0) is 12.8 Å². The summed E-state index contributed by atoms with van der Waals surface area (Å²) in [7, 11) is 0. The molecule has 0 bridgehead atoms. The average Bonchev–Trinajstić information content (AvgIpc) is 2.71. The Morgan fingerprint density at radius 3 is 2.71 bits per heavy atom. The summed E-state index contributed by atoms with van der Waals surface area (Å²) in [5.74, 6) is 1.07. The zero-order valence-corrected chi connectivity index (χ0v) is 11.6. The molecule has 1 aliphatic heterocycles. The smallest absolute Gasteiger partial charge is 0.0840 e. The van der Waals surface area contributed by atoms with E-state index in [1.807, 2.05) is 0 Å². The minimum absolute atomic E-state index is 0.0407. The fraction of sp³-hybridized carbons (Fsp3) is 1.00. The van der Waals surface area contributed by atoms with Crippen LogP contribution >= 0.6 is 45.8 Å². The Morgan fingerprint density at radius 1 is 1.43 bits per heavy atom. The summed E-state index contributed by atoms with van der Waals surface area (Å²) in [6.07, 6.45) is 2.54. The maximum absolute atomic E-state index is 5.80. The molecule has 1 fully saturated rings. The van der Waals surface area contributed by atoms with Gasteiger partial charge in [-0.3, -0.25) is 0 Å². The molecule has 14 heavy (non-hydrogen) atoms. The Kier molecular flexibility index (Phi) is 7.12. The van der Waals surface area contributed by atoms with Crippen molar-refractivity contribution >= 4 is 45.8 Å². The Bertz CT molecular complexity index is 154. The molecule has 0 aromatic carbocycles. The van der Waals surface area contributed by atoms with Crippen LogP contribution < -0.4 is 0 Å². The van der Waals surface area contributed by atoms with Crippen molar-refractivity contribution in [1.82, 2.24) is 0 Å². The number of halogens is 3. The molecule has 1 rings (SSSR count). The molecule has 0 amide bonds. The molecule has 1 aliphatic rings. The van der Waals surface area contributed by atoms with Gasteiger partial charge in [-0.15, -0.1) is 23.2 Å². The molecule has 0 spiro atoms. The predicted molar refractivity (Wildman–Crippen MR) is 68.0 cm³/mol. The Labute approximate surface area is 109 Å². The first kappa shape index (κ1) is 13.3. The van der Waals surface area contributed by atoms with Crippen molar-refractivity contribution in [3.63, 3.8) is 0 Å². The molecule has 0 aromatic rings.